The Balaban J connectivity index is 2.38. The summed E-state index contributed by atoms with van der Waals surface area (Å²) in [6.45, 7) is 1.27. The highest BCUT2D eigenvalue weighted by Gasteiger charge is 2.26. The predicted octanol–water partition coefficient (Wildman–Crippen LogP) is 2.00. The molecule has 0 aliphatic carbocycles. The number of carbonyl (C=O) groups is 1. The van der Waals surface area contributed by atoms with Crippen LogP contribution in [-0.2, 0) is 9.47 Å². The molecule has 0 bridgehead atoms. The number of rotatable bonds is 4. The molecule has 1 atom stereocenters. The van der Waals surface area contributed by atoms with E-state index in [0.717, 1.165) is 12.8 Å². The Bertz CT molecular complexity index is 546. The minimum absolute atomic E-state index is 0.0144. The standard InChI is InChI=1S/C14H18N2O5/c1-20-11-4-3-7-15(9-11)13-8-10(14(17)21-2)5-6-12(13)16(18)19/h5-6,8,11H,3-4,7,9H2,1-2H3. The van der Waals surface area contributed by atoms with Crippen molar-refractivity contribution in [1.29, 1.82) is 0 Å². The van der Waals surface area contributed by atoms with E-state index in [1.165, 1.54) is 25.3 Å². The molecule has 1 heterocycles. The molecule has 1 aromatic rings. The van der Waals surface area contributed by atoms with Crippen LogP contribution in [-0.4, -0.2) is 44.3 Å². The minimum Gasteiger partial charge on any atom is -0.465 e. The van der Waals surface area contributed by atoms with Crippen molar-refractivity contribution >= 4 is 17.3 Å². The molecule has 2 rings (SSSR count). The van der Waals surface area contributed by atoms with Crippen LogP contribution < -0.4 is 4.90 Å². The summed E-state index contributed by atoms with van der Waals surface area (Å²) in [5.41, 5.74) is 0.724. The van der Waals surface area contributed by atoms with Crippen LogP contribution in [0.1, 0.15) is 23.2 Å². The Hall–Kier alpha value is -2.15. The molecule has 1 saturated heterocycles. The minimum atomic E-state index is -0.508. The summed E-state index contributed by atoms with van der Waals surface area (Å²) in [6.07, 6.45) is 1.86. The largest absolute Gasteiger partial charge is 0.465 e. The second-order valence-electron chi connectivity index (χ2n) is 4.90. The van der Waals surface area contributed by atoms with E-state index in [2.05, 4.69) is 4.74 Å². The topological polar surface area (TPSA) is 81.9 Å². The molecule has 0 N–H and O–H groups in total. The Kier molecular flexibility index (Phi) is 4.74. The summed E-state index contributed by atoms with van der Waals surface area (Å²) < 4.78 is 10.0. The zero-order valence-electron chi connectivity index (χ0n) is 12.1. The third kappa shape index (κ3) is 3.30. The number of piperidine rings is 1. The van der Waals surface area contributed by atoms with Gasteiger partial charge in [-0.05, 0) is 25.0 Å². The van der Waals surface area contributed by atoms with E-state index >= 15 is 0 Å². The van der Waals surface area contributed by atoms with Crippen molar-refractivity contribution in [3.05, 3.63) is 33.9 Å². The lowest BCUT2D eigenvalue weighted by Crippen LogP contribution is -2.39. The van der Waals surface area contributed by atoms with Crippen molar-refractivity contribution in [2.24, 2.45) is 0 Å². The molecule has 1 aromatic carbocycles. The molecule has 1 aliphatic rings. The highest BCUT2D eigenvalue weighted by atomic mass is 16.6. The SMILES string of the molecule is COC(=O)c1ccc([N+](=O)[O-])c(N2CCCC(OC)C2)c1. The molecule has 0 aromatic heterocycles. The van der Waals surface area contributed by atoms with Gasteiger partial charge in [0.2, 0.25) is 0 Å². The van der Waals surface area contributed by atoms with Crippen molar-refractivity contribution in [2.45, 2.75) is 18.9 Å². The van der Waals surface area contributed by atoms with Crippen molar-refractivity contribution < 1.29 is 19.2 Å². The first-order valence-corrected chi connectivity index (χ1v) is 6.71. The van der Waals surface area contributed by atoms with Crippen molar-refractivity contribution in [1.82, 2.24) is 0 Å². The van der Waals surface area contributed by atoms with Gasteiger partial charge in [0.05, 0.1) is 23.7 Å². The fourth-order valence-electron chi connectivity index (χ4n) is 2.53. The molecule has 7 nitrogen and oxygen atoms in total. The van der Waals surface area contributed by atoms with Gasteiger partial charge in [0.15, 0.2) is 0 Å². The van der Waals surface area contributed by atoms with Gasteiger partial charge in [-0.15, -0.1) is 0 Å². The molecule has 1 fully saturated rings. The number of hydrogen-bond acceptors (Lipinski definition) is 6. The molecule has 0 radical (unpaired) electrons. The van der Waals surface area contributed by atoms with Crippen LogP contribution in [0.4, 0.5) is 11.4 Å². The number of ether oxygens (including phenoxy) is 2. The van der Waals surface area contributed by atoms with Crippen molar-refractivity contribution in [2.75, 3.05) is 32.2 Å². The van der Waals surface area contributed by atoms with Gasteiger partial charge in [0, 0.05) is 26.3 Å². The third-order valence-corrected chi connectivity index (χ3v) is 3.65. The first-order valence-electron chi connectivity index (χ1n) is 6.71. The summed E-state index contributed by atoms with van der Waals surface area (Å²) in [5.74, 6) is -0.508. The molecule has 21 heavy (non-hydrogen) atoms. The zero-order chi connectivity index (χ0) is 15.4. The fraction of sp³-hybridized carbons (Fsp3) is 0.500. The summed E-state index contributed by atoms with van der Waals surface area (Å²) in [6, 6.07) is 4.27. The number of hydrogen-bond donors (Lipinski definition) is 0. The molecule has 0 saturated carbocycles. The van der Waals surface area contributed by atoms with E-state index < -0.39 is 10.9 Å². The summed E-state index contributed by atoms with van der Waals surface area (Å²) in [5, 5.41) is 11.2. The van der Waals surface area contributed by atoms with Crippen LogP contribution in [0, 0.1) is 10.1 Å². The fourth-order valence-corrected chi connectivity index (χ4v) is 2.53. The number of nitrogens with zero attached hydrogens (tertiary/aromatic N) is 2. The average molecular weight is 294 g/mol. The average Bonchev–Trinajstić information content (AvgIpc) is 2.53. The second kappa shape index (κ2) is 6.53. The van der Waals surface area contributed by atoms with Gasteiger partial charge in [0.1, 0.15) is 5.69 Å². The number of benzene rings is 1. The van der Waals surface area contributed by atoms with E-state index in [0.29, 0.717) is 24.3 Å². The number of methoxy groups -OCH3 is 2. The Morgan fingerprint density at radius 2 is 2.19 bits per heavy atom. The Morgan fingerprint density at radius 3 is 2.81 bits per heavy atom. The van der Waals surface area contributed by atoms with E-state index in [1.807, 2.05) is 4.90 Å². The quantitative estimate of drug-likeness (QED) is 0.480. The zero-order valence-corrected chi connectivity index (χ0v) is 12.1. The number of anilines is 1. The van der Waals surface area contributed by atoms with Crippen LogP contribution in [0.25, 0.3) is 0 Å². The molecule has 1 unspecified atom stereocenters. The van der Waals surface area contributed by atoms with Crippen molar-refractivity contribution in [3.63, 3.8) is 0 Å². The Morgan fingerprint density at radius 1 is 1.43 bits per heavy atom. The highest BCUT2D eigenvalue weighted by Crippen LogP contribution is 2.32. The first-order chi connectivity index (χ1) is 10.1. The van der Waals surface area contributed by atoms with E-state index in [9.17, 15) is 14.9 Å². The highest BCUT2D eigenvalue weighted by molar-refractivity contribution is 5.91. The van der Waals surface area contributed by atoms with Gasteiger partial charge in [-0.2, -0.15) is 0 Å². The molecule has 0 amide bonds. The summed E-state index contributed by atoms with van der Waals surface area (Å²) in [4.78, 5) is 24.3. The van der Waals surface area contributed by atoms with E-state index in [-0.39, 0.29) is 11.8 Å². The summed E-state index contributed by atoms with van der Waals surface area (Å²) >= 11 is 0. The maximum absolute atomic E-state index is 11.6. The molecular formula is C14H18N2O5. The van der Waals surface area contributed by atoms with Crippen LogP contribution >= 0.6 is 0 Å². The number of carbonyl (C=O) groups excluding carboxylic acids is 1. The van der Waals surface area contributed by atoms with E-state index in [4.69, 9.17) is 4.74 Å². The van der Waals surface area contributed by atoms with Crippen LogP contribution in [0.3, 0.4) is 0 Å². The monoisotopic (exact) mass is 294 g/mol. The summed E-state index contributed by atoms with van der Waals surface area (Å²) in [7, 11) is 2.92. The molecule has 1 aliphatic heterocycles. The van der Waals surface area contributed by atoms with Gasteiger partial charge in [-0.1, -0.05) is 0 Å². The van der Waals surface area contributed by atoms with Gasteiger partial charge in [-0.25, -0.2) is 4.79 Å². The smallest absolute Gasteiger partial charge is 0.337 e. The maximum atomic E-state index is 11.6. The number of esters is 1. The lowest BCUT2D eigenvalue weighted by molar-refractivity contribution is -0.384. The number of nitro groups is 1. The first kappa shape index (κ1) is 15.2. The third-order valence-electron chi connectivity index (χ3n) is 3.65. The molecule has 114 valence electrons. The molecule has 7 heteroatoms. The predicted molar refractivity (Wildman–Crippen MR) is 76.7 cm³/mol. The van der Waals surface area contributed by atoms with Crippen LogP contribution in [0.5, 0.6) is 0 Å². The molecule has 0 spiro atoms. The lowest BCUT2D eigenvalue weighted by atomic mass is 10.1. The van der Waals surface area contributed by atoms with Gasteiger partial charge in [0.25, 0.3) is 5.69 Å². The van der Waals surface area contributed by atoms with Gasteiger partial charge in [-0.3, -0.25) is 10.1 Å². The van der Waals surface area contributed by atoms with Crippen LogP contribution in [0.2, 0.25) is 0 Å². The number of nitro benzene ring substituents is 1. The Labute approximate surface area is 122 Å². The van der Waals surface area contributed by atoms with Gasteiger partial charge >= 0.3 is 5.97 Å². The lowest BCUT2D eigenvalue weighted by Gasteiger charge is -2.33. The normalized spacial score (nSPS) is 18.4. The van der Waals surface area contributed by atoms with Crippen LogP contribution in [0.15, 0.2) is 18.2 Å². The van der Waals surface area contributed by atoms with Gasteiger partial charge < -0.3 is 14.4 Å². The van der Waals surface area contributed by atoms with Crippen molar-refractivity contribution in [3.8, 4) is 0 Å². The van der Waals surface area contributed by atoms with E-state index in [1.54, 1.807) is 7.11 Å². The maximum Gasteiger partial charge on any atom is 0.337 e. The molecular weight excluding hydrogens is 276 g/mol. The second-order valence-corrected chi connectivity index (χ2v) is 4.90.